The number of benzene rings is 1. The molecule has 1 aliphatic heterocycles. The van der Waals surface area contributed by atoms with Gasteiger partial charge in [0.05, 0.1) is 25.1 Å². The van der Waals surface area contributed by atoms with Gasteiger partial charge in [-0.3, -0.25) is 19.0 Å². The molecule has 0 atom stereocenters. The van der Waals surface area contributed by atoms with Crippen LogP contribution in [-0.2, 0) is 16.1 Å². The summed E-state index contributed by atoms with van der Waals surface area (Å²) in [5, 5.41) is 0.359. The number of rotatable bonds is 4. The maximum absolute atomic E-state index is 13.0. The molecular formula is C19H24N4O5. The van der Waals surface area contributed by atoms with Gasteiger partial charge in [0.1, 0.15) is 12.4 Å². The molecular weight excluding hydrogens is 364 g/mol. The van der Waals surface area contributed by atoms with Crippen LogP contribution >= 0.6 is 0 Å². The Morgan fingerprint density at radius 1 is 1.04 bits per heavy atom. The van der Waals surface area contributed by atoms with E-state index < -0.39 is 0 Å². The third-order valence-corrected chi connectivity index (χ3v) is 5.02. The van der Waals surface area contributed by atoms with Gasteiger partial charge in [0.2, 0.25) is 11.8 Å². The predicted molar refractivity (Wildman–Crippen MR) is 103 cm³/mol. The minimum Gasteiger partial charge on any atom is -0.493 e. The number of fused-ring (bicyclic) bond motifs is 1. The first-order chi connectivity index (χ1) is 13.3. The summed E-state index contributed by atoms with van der Waals surface area (Å²) >= 11 is 0. The van der Waals surface area contributed by atoms with Crippen LogP contribution in [0.25, 0.3) is 10.9 Å². The SMILES string of the molecule is COc1cc2nc(C)n(CC(=O)N3CCN(C(C)=O)CC3)c(=O)c2cc1OC. The number of methoxy groups -OCH3 is 2. The van der Waals surface area contributed by atoms with E-state index in [0.29, 0.717) is 54.4 Å². The number of piperazine rings is 1. The number of aromatic nitrogens is 2. The van der Waals surface area contributed by atoms with Gasteiger partial charge in [0.15, 0.2) is 11.5 Å². The van der Waals surface area contributed by atoms with Crippen molar-refractivity contribution in [2.24, 2.45) is 0 Å². The summed E-state index contributed by atoms with van der Waals surface area (Å²) in [6.07, 6.45) is 0. The second-order valence-corrected chi connectivity index (χ2v) is 6.66. The van der Waals surface area contributed by atoms with Crippen LogP contribution in [0, 0.1) is 6.92 Å². The van der Waals surface area contributed by atoms with Crippen LogP contribution in [0.15, 0.2) is 16.9 Å². The van der Waals surface area contributed by atoms with Gasteiger partial charge in [0.25, 0.3) is 5.56 Å². The zero-order valence-corrected chi connectivity index (χ0v) is 16.5. The minimum atomic E-state index is -0.306. The number of hydrogen-bond donors (Lipinski definition) is 0. The van der Waals surface area contributed by atoms with Crippen LogP contribution in [0.5, 0.6) is 11.5 Å². The molecule has 0 bridgehead atoms. The maximum atomic E-state index is 13.0. The van der Waals surface area contributed by atoms with Crippen molar-refractivity contribution in [3.05, 3.63) is 28.3 Å². The van der Waals surface area contributed by atoms with Gasteiger partial charge in [-0.15, -0.1) is 0 Å². The van der Waals surface area contributed by atoms with Crippen LogP contribution in [0.2, 0.25) is 0 Å². The molecule has 1 aromatic heterocycles. The smallest absolute Gasteiger partial charge is 0.262 e. The Hall–Kier alpha value is -3.10. The molecule has 0 radical (unpaired) electrons. The average molecular weight is 388 g/mol. The Labute approximate surface area is 162 Å². The summed E-state index contributed by atoms with van der Waals surface area (Å²) in [5.74, 6) is 1.19. The Morgan fingerprint density at radius 3 is 2.18 bits per heavy atom. The summed E-state index contributed by atoms with van der Waals surface area (Å²) < 4.78 is 11.9. The van der Waals surface area contributed by atoms with E-state index in [0.717, 1.165) is 0 Å². The first-order valence-electron chi connectivity index (χ1n) is 9.02. The summed E-state index contributed by atoms with van der Waals surface area (Å²) in [6, 6.07) is 3.23. The first-order valence-corrected chi connectivity index (χ1v) is 9.02. The van der Waals surface area contributed by atoms with Crippen LogP contribution in [0.3, 0.4) is 0 Å². The van der Waals surface area contributed by atoms with E-state index in [1.165, 1.54) is 25.7 Å². The molecule has 1 aromatic carbocycles. The highest BCUT2D eigenvalue weighted by molar-refractivity contribution is 5.83. The van der Waals surface area contributed by atoms with Gasteiger partial charge in [0, 0.05) is 39.2 Å². The van der Waals surface area contributed by atoms with Crippen molar-refractivity contribution in [1.82, 2.24) is 19.4 Å². The van der Waals surface area contributed by atoms with E-state index in [4.69, 9.17) is 9.47 Å². The molecule has 0 spiro atoms. The Morgan fingerprint density at radius 2 is 1.61 bits per heavy atom. The quantitative estimate of drug-likeness (QED) is 0.753. The second kappa shape index (κ2) is 7.87. The molecule has 0 N–H and O–H groups in total. The molecule has 9 heteroatoms. The van der Waals surface area contributed by atoms with Crippen LogP contribution in [0.4, 0.5) is 0 Å². The molecule has 2 aromatic rings. The normalized spacial score (nSPS) is 14.3. The first kappa shape index (κ1) is 19.7. The van der Waals surface area contributed by atoms with Crippen molar-refractivity contribution in [3.63, 3.8) is 0 Å². The van der Waals surface area contributed by atoms with Gasteiger partial charge in [-0.1, -0.05) is 0 Å². The van der Waals surface area contributed by atoms with E-state index in [1.807, 2.05) is 0 Å². The van der Waals surface area contributed by atoms with E-state index in [1.54, 1.807) is 28.9 Å². The minimum absolute atomic E-state index is 0.00210. The van der Waals surface area contributed by atoms with E-state index in [9.17, 15) is 14.4 Å². The number of ether oxygens (including phenoxy) is 2. The number of carbonyl (C=O) groups excluding carboxylic acids is 2. The summed E-state index contributed by atoms with van der Waals surface area (Å²) in [7, 11) is 3.01. The van der Waals surface area contributed by atoms with Gasteiger partial charge >= 0.3 is 0 Å². The molecule has 0 saturated carbocycles. The Bertz CT molecular complexity index is 976. The maximum Gasteiger partial charge on any atom is 0.262 e. The highest BCUT2D eigenvalue weighted by Crippen LogP contribution is 2.30. The number of amides is 2. The Kier molecular flexibility index (Phi) is 5.53. The van der Waals surface area contributed by atoms with Gasteiger partial charge in [-0.2, -0.15) is 0 Å². The van der Waals surface area contributed by atoms with Crippen molar-refractivity contribution in [2.45, 2.75) is 20.4 Å². The molecule has 2 amide bonds. The van der Waals surface area contributed by atoms with Crippen molar-refractivity contribution in [1.29, 1.82) is 0 Å². The summed E-state index contributed by atoms with van der Waals surface area (Å²) in [4.78, 5) is 44.9. The van der Waals surface area contributed by atoms with E-state index in [-0.39, 0.29) is 23.9 Å². The number of hydrogen-bond acceptors (Lipinski definition) is 6. The van der Waals surface area contributed by atoms with Gasteiger partial charge in [-0.05, 0) is 13.0 Å². The molecule has 1 fully saturated rings. The van der Waals surface area contributed by atoms with Crippen molar-refractivity contribution < 1.29 is 19.1 Å². The molecule has 28 heavy (non-hydrogen) atoms. The topological polar surface area (TPSA) is 94.0 Å². The second-order valence-electron chi connectivity index (χ2n) is 6.66. The lowest BCUT2D eigenvalue weighted by Gasteiger charge is -2.34. The van der Waals surface area contributed by atoms with Gasteiger partial charge in [-0.25, -0.2) is 4.98 Å². The van der Waals surface area contributed by atoms with Crippen molar-refractivity contribution in [2.75, 3.05) is 40.4 Å². The fraction of sp³-hybridized carbons (Fsp3) is 0.474. The van der Waals surface area contributed by atoms with Crippen molar-refractivity contribution >= 4 is 22.7 Å². The molecule has 1 aliphatic rings. The third kappa shape index (κ3) is 3.64. The number of nitrogens with zero attached hydrogens (tertiary/aromatic N) is 4. The molecule has 9 nitrogen and oxygen atoms in total. The lowest BCUT2D eigenvalue weighted by atomic mass is 10.2. The molecule has 150 valence electrons. The monoisotopic (exact) mass is 388 g/mol. The molecule has 3 rings (SSSR count). The molecule has 1 saturated heterocycles. The zero-order valence-electron chi connectivity index (χ0n) is 16.5. The summed E-state index contributed by atoms with van der Waals surface area (Å²) in [5.41, 5.74) is 0.179. The van der Waals surface area contributed by atoms with Crippen molar-refractivity contribution in [3.8, 4) is 11.5 Å². The number of carbonyl (C=O) groups is 2. The number of aryl methyl sites for hydroxylation is 1. The highest BCUT2D eigenvalue weighted by atomic mass is 16.5. The lowest BCUT2D eigenvalue weighted by molar-refractivity contribution is -0.138. The predicted octanol–water partition coefficient (Wildman–Crippen LogP) is 0.413. The van der Waals surface area contributed by atoms with Crippen LogP contribution in [-0.4, -0.2) is 71.6 Å². The lowest BCUT2D eigenvalue weighted by Crippen LogP contribution is -2.51. The molecule has 0 aliphatic carbocycles. The van der Waals surface area contributed by atoms with Crippen LogP contribution in [0.1, 0.15) is 12.7 Å². The average Bonchev–Trinajstić information content (AvgIpc) is 2.70. The zero-order chi connectivity index (χ0) is 20.4. The standard InChI is InChI=1S/C19H24N4O5/c1-12-20-15-10-17(28-4)16(27-3)9-14(15)19(26)23(12)11-18(25)22-7-5-21(6-8-22)13(2)24/h9-10H,5-8,11H2,1-4H3. The highest BCUT2D eigenvalue weighted by Gasteiger charge is 2.23. The fourth-order valence-electron chi connectivity index (χ4n) is 3.35. The largest absolute Gasteiger partial charge is 0.493 e. The Balaban J connectivity index is 1.88. The van der Waals surface area contributed by atoms with E-state index >= 15 is 0 Å². The molecule has 0 unspecified atom stereocenters. The summed E-state index contributed by atoms with van der Waals surface area (Å²) in [6.45, 7) is 5.03. The fourth-order valence-corrected chi connectivity index (χ4v) is 3.35. The third-order valence-electron chi connectivity index (χ3n) is 5.02. The molecule has 2 heterocycles. The van der Waals surface area contributed by atoms with Crippen LogP contribution < -0.4 is 15.0 Å². The van der Waals surface area contributed by atoms with Gasteiger partial charge < -0.3 is 19.3 Å². The van der Waals surface area contributed by atoms with E-state index in [2.05, 4.69) is 4.98 Å².